The second-order valence-electron chi connectivity index (χ2n) is 5.67. The number of para-hydroxylation sites is 1. The molecular weight excluding hydrogens is 286 g/mol. The van der Waals surface area contributed by atoms with Crippen molar-refractivity contribution in [2.24, 2.45) is 5.10 Å². The molecule has 2 rings (SSSR count). The van der Waals surface area contributed by atoms with Crippen LogP contribution in [0.1, 0.15) is 30.5 Å². The first-order valence-electron chi connectivity index (χ1n) is 7.71. The average molecular weight is 309 g/mol. The van der Waals surface area contributed by atoms with Crippen molar-refractivity contribution in [1.29, 1.82) is 0 Å². The second-order valence-corrected chi connectivity index (χ2v) is 5.67. The summed E-state index contributed by atoms with van der Waals surface area (Å²) in [5, 5.41) is 7.44. The van der Waals surface area contributed by atoms with E-state index in [-0.39, 0.29) is 11.9 Å². The van der Waals surface area contributed by atoms with Crippen molar-refractivity contribution in [2.75, 3.05) is 5.32 Å². The zero-order valence-electron chi connectivity index (χ0n) is 14.1. The molecule has 0 aliphatic heterocycles. The zero-order valence-corrected chi connectivity index (χ0v) is 14.1. The molecule has 0 saturated heterocycles. The van der Waals surface area contributed by atoms with Crippen LogP contribution in [0.15, 0.2) is 53.6 Å². The van der Waals surface area contributed by atoms with Crippen LogP contribution in [0.25, 0.3) is 0 Å². The maximum absolute atomic E-state index is 12.2. The molecule has 0 radical (unpaired) electrons. The van der Waals surface area contributed by atoms with Gasteiger partial charge < -0.3 is 5.32 Å². The molecule has 4 heteroatoms. The molecule has 0 aliphatic carbocycles. The number of aryl methyl sites for hydroxylation is 2. The minimum absolute atomic E-state index is 0.164. The SMILES string of the molecule is C/C(=N/NC(=O)C(C)Nc1c(C)cccc1C)c1ccccc1. The Morgan fingerprint density at radius 3 is 2.22 bits per heavy atom. The van der Waals surface area contributed by atoms with Gasteiger partial charge in [0.25, 0.3) is 5.91 Å². The van der Waals surface area contributed by atoms with Crippen LogP contribution in [0.2, 0.25) is 0 Å². The van der Waals surface area contributed by atoms with Crippen molar-refractivity contribution in [3.05, 3.63) is 65.2 Å². The maximum atomic E-state index is 12.2. The van der Waals surface area contributed by atoms with Gasteiger partial charge in [0.15, 0.2) is 0 Å². The van der Waals surface area contributed by atoms with Crippen molar-refractivity contribution in [3.8, 4) is 0 Å². The van der Waals surface area contributed by atoms with E-state index in [4.69, 9.17) is 0 Å². The molecule has 0 fully saturated rings. The van der Waals surface area contributed by atoms with Crippen LogP contribution in [0.5, 0.6) is 0 Å². The second kappa shape index (κ2) is 7.58. The van der Waals surface area contributed by atoms with Crippen molar-refractivity contribution >= 4 is 17.3 Å². The summed E-state index contributed by atoms with van der Waals surface area (Å²) in [7, 11) is 0. The van der Waals surface area contributed by atoms with Gasteiger partial charge in [-0.25, -0.2) is 5.43 Å². The van der Waals surface area contributed by atoms with Crippen LogP contribution >= 0.6 is 0 Å². The number of rotatable bonds is 5. The van der Waals surface area contributed by atoms with Gasteiger partial charge in [-0.15, -0.1) is 0 Å². The molecule has 0 bridgehead atoms. The Balaban J connectivity index is 2.01. The average Bonchev–Trinajstić information content (AvgIpc) is 2.56. The van der Waals surface area contributed by atoms with Gasteiger partial charge in [-0.2, -0.15) is 5.10 Å². The molecule has 120 valence electrons. The molecule has 2 N–H and O–H groups in total. The molecule has 0 saturated carbocycles. The molecule has 0 heterocycles. The van der Waals surface area contributed by atoms with Crippen LogP contribution in [0.3, 0.4) is 0 Å². The quantitative estimate of drug-likeness (QED) is 0.654. The van der Waals surface area contributed by atoms with Crippen LogP contribution in [-0.4, -0.2) is 17.7 Å². The number of nitrogens with zero attached hydrogens (tertiary/aromatic N) is 1. The summed E-state index contributed by atoms with van der Waals surface area (Å²) < 4.78 is 0. The molecule has 0 aliphatic rings. The van der Waals surface area contributed by atoms with Gasteiger partial charge in [-0.1, -0.05) is 48.5 Å². The molecule has 2 aromatic carbocycles. The van der Waals surface area contributed by atoms with E-state index in [1.165, 1.54) is 0 Å². The zero-order chi connectivity index (χ0) is 16.8. The van der Waals surface area contributed by atoms with E-state index in [1.54, 1.807) is 0 Å². The third-order valence-electron chi connectivity index (χ3n) is 3.76. The van der Waals surface area contributed by atoms with Crippen molar-refractivity contribution in [3.63, 3.8) is 0 Å². The van der Waals surface area contributed by atoms with E-state index in [2.05, 4.69) is 15.8 Å². The highest BCUT2D eigenvalue weighted by Crippen LogP contribution is 2.20. The van der Waals surface area contributed by atoms with Gasteiger partial charge in [0, 0.05) is 5.69 Å². The van der Waals surface area contributed by atoms with Crippen LogP contribution in [0.4, 0.5) is 5.69 Å². The number of hydrogen-bond donors (Lipinski definition) is 2. The number of anilines is 1. The van der Waals surface area contributed by atoms with Gasteiger partial charge in [-0.3, -0.25) is 4.79 Å². The number of hydrogen-bond acceptors (Lipinski definition) is 3. The molecule has 2 aromatic rings. The first-order valence-corrected chi connectivity index (χ1v) is 7.71. The Morgan fingerprint density at radius 2 is 1.61 bits per heavy atom. The number of carbonyl (C=O) groups is 1. The van der Waals surface area contributed by atoms with Crippen molar-refractivity contribution < 1.29 is 4.79 Å². The Bertz CT molecular complexity index is 688. The van der Waals surface area contributed by atoms with E-state index in [9.17, 15) is 4.79 Å². The summed E-state index contributed by atoms with van der Waals surface area (Å²) >= 11 is 0. The highest BCUT2D eigenvalue weighted by molar-refractivity contribution is 5.99. The first kappa shape index (κ1) is 16.7. The molecule has 0 aromatic heterocycles. The Hall–Kier alpha value is -2.62. The van der Waals surface area contributed by atoms with Gasteiger partial charge in [0.1, 0.15) is 6.04 Å². The monoisotopic (exact) mass is 309 g/mol. The lowest BCUT2D eigenvalue weighted by atomic mass is 10.1. The topological polar surface area (TPSA) is 53.5 Å². The fraction of sp³-hybridized carbons (Fsp3) is 0.263. The highest BCUT2D eigenvalue weighted by atomic mass is 16.2. The van der Waals surface area contributed by atoms with Gasteiger partial charge in [-0.05, 0) is 44.4 Å². The normalized spacial score (nSPS) is 12.6. The van der Waals surface area contributed by atoms with Crippen LogP contribution in [-0.2, 0) is 4.79 Å². The lowest BCUT2D eigenvalue weighted by molar-refractivity contribution is -0.121. The first-order chi connectivity index (χ1) is 11.0. The number of amides is 1. The predicted molar refractivity (Wildman–Crippen MR) is 95.8 cm³/mol. The van der Waals surface area contributed by atoms with Crippen molar-refractivity contribution in [2.45, 2.75) is 33.7 Å². The minimum Gasteiger partial charge on any atom is -0.373 e. The molecule has 23 heavy (non-hydrogen) atoms. The summed E-state index contributed by atoms with van der Waals surface area (Å²) in [5.41, 5.74) is 7.63. The highest BCUT2D eigenvalue weighted by Gasteiger charge is 2.14. The molecule has 4 nitrogen and oxygen atoms in total. The van der Waals surface area contributed by atoms with E-state index in [1.807, 2.05) is 76.2 Å². The number of carbonyl (C=O) groups excluding carboxylic acids is 1. The summed E-state index contributed by atoms with van der Waals surface area (Å²) in [4.78, 5) is 12.2. The molecule has 1 amide bonds. The smallest absolute Gasteiger partial charge is 0.262 e. The van der Waals surface area contributed by atoms with Gasteiger partial charge in [0.05, 0.1) is 5.71 Å². The lowest BCUT2D eigenvalue weighted by Gasteiger charge is -2.17. The summed E-state index contributed by atoms with van der Waals surface area (Å²) in [6.07, 6.45) is 0. The Morgan fingerprint density at radius 1 is 1.00 bits per heavy atom. The molecule has 1 unspecified atom stereocenters. The van der Waals surface area contributed by atoms with E-state index < -0.39 is 0 Å². The van der Waals surface area contributed by atoms with E-state index >= 15 is 0 Å². The minimum atomic E-state index is -0.373. The molecule has 0 spiro atoms. The summed E-state index contributed by atoms with van der Waals surface area (Å²) in [6.45, 7) is 7.75. The molecular formula is C19H23N3O. The molecule has 1 atom stereocenters. The van der Waals surface area contributed by atoms with Gasteiger partial charge in [0.2, 0.25) is 0 Å². The van der Waals surface area contributed by atoms with E-state index in [0.717, 1.165) is 28.1 Å². The lowest BCUT2D eigenvalue weighted by Crippen LogP contribution is -2.35. The van der Waals surface area contributed by atoms with Gasteiger partial charge >= 0.3 is 0 Å². The predicted octanol–water partition coefficient (Wildman–Crippen LogP) is 3.64. The standard InChI is InChI=1S/C19H23N3O/c1-13-9-8-10-14(2)18(13)20-16(4)19(23)22-21-15(3)17-11-6-5-7-12-17/h5-12,16,20H,1-4H3,(H,22,23)/b21-15-. The Kier molecular flexibility index (Phi) is 5.52. The fourth-order valence-electron chi connectivity index (χ4n) is 2.30. The fourth-order valence-corrected chi connectivity index (χ4v) is 2.30. The summed E-state index contributed by atoms with van der Waals surface area (Å²) in [5.74, 6) is -0.164. The third kappa shape index (κ3) is 4.42. The largest absolute Gasteiger partial charge is 0.373 e. The summed E-state index contributed by atoms with van der Waals surface area (Å²) in [6, 6.07) is 15.5. The number of nitrogens with one attached hydrogen (secondary N) is 2. The van der Waals surface area contributed by atoms with Crippen LogP contribution in [0, 0.1) is 13.8 Å². The van der Waals surface area contributed by atoms with Crippen molar-refractivity contribution in [1.82, 2.24) is 5.43 Å². The number of hydrazone groups is 1. The number of benzene rings is 2. The van der Waals surface area contributed by atoms with E-state index in [0.29, 0.717) is 0 Å². The Labute approximate surface area is 137 Å². The maximum Gasteiger partial charge on any atom is 0.262 e. The van der Waals surface area contributed by atoms with Crippen LogP contribution < -0.4 is 10.7 Å². The third-order valence-corrected chi connectivity index (χ3v) is 3.76.